The first-order valence-corrected chi connectivity index (χ1v) is 23.6. The monoisotopic (exact) mass is 1100 g/mol. The zero-order chi connectivity index (χ0) is 48.4. The van der Waals surface area contributed by atoms with Crippen molar-refractivity contribution < 1.29 is 32.8 Å². The van der Waals surface area contributed by atoms with E-state index in [9.17, 15) is 0 Å². The number of aryl methyl sites for hydroxylation is 3. The summed E-state index contributed by atoms with van der Waals surface area (Å²) in [4.78, 5) is 4.48. The van der Waals surface area contributed by atoms with Gasteiger partial charge in [-0.2, -0.15) is 0 Å². The Hall–Kier alpha value is -8.34. The average molecular weight is 1100 g/mol. The van der Waals surface area contributed by atoms with E-state index in [4.69, 9.17) is 0 Å². The number of allylic oxidation sites excluding steroid dienone is 6. The molecule has 71 heavy (non-hydrogen) atoms. The third-order valence-electron chi connectivity index (χ3n) is 12.7. The Labute approximate surface area is 431 Å². The van der Waals surface area contributed by atoms with Crippen molar-refractivity contribution in [2.45, 2.75) is 20.8 Å². The number of rotatable bonds is 4. The Kier molecular flexibility index (Phi) is 15.8. The molecule has 0 amide bonds. The maximum atomic E-state index is 4.48. The second-order valence-corrected chi connectivity index (χ2v) is 17.4. The molecule has 4 nitrogen and oxygen atoms in total. The van der Waals surface area contributed by atoms with Gasteiger partial charge in [0.1, 0.15) is 37.2 Å². The van der Waals surface area contributed by atoms with Gasteiger partial charge in [0.05, 0.1) is 5.69 Å². The molecule has 4 aromatic heterocycles. The van der Waals surface area contributed by atoms with Crippen LogP contribution in [-0.4, -0.2) is 4.98 Å². The number of aromatic nitrogens is 4. The Bertz CT molecular complexity index is 3540. The van der Waals surface area contributed by atoms with Crippen LogP contribution in [0.3, 0.4) is 0 Å². The van der Waals surface area contributed by atoms with E-state index in [1.807, 2.05) is 61.8 Å². The van der Waals surface area contributed by atoms with Gasteiger partial charge in [0.15, 0.2) is 18.6 Å². The number of hydrogen-bond donors (Lipinski definition) is 0. The minimum absolute atomic E-state index is 0. The van der Waals surface area contributed by atoms with Crippen LogP contribution in [-0.2, 0) is 20.1 Å². The van der Waals surface area contributed by atoms with Gasteiger partial charge in [-0.1, -0.05) is 160 Å². The number of fused-ring (bicyclic) bond motifs is 4. The molecule has 3 aliphatic carbocycles. The molecule has 9 aromatic rings. The van der Waals surface area contributed by atoms with Crippen molar-refractivity contribution >= 4 is 29.0 Å². The number of hydrogen-bond acceptors (Lipinski definition) is 1. The summed E-state index contributed by atoms with van der Waals surface area (Å²) in [6.45, 7) is 18.7. The van der Waals surface area contributed by atoms with Crippen molar-refractivity contribution in [3.8, 4) is 45.0 Å². The summed E-state index contributed by atoms with van der Waals surface area (Å²) in [5, 5.41) is 6.18. The molecule has 1 radical (unpaired) electrons. The molecular weight excluding hydrogens is 1040 g/mol. The smallest absolute Gasteiger partial charge is 0.156 e. The molecule has 0 spiro atoms. The summed E-state index contributed by atoms with van der Waals surface area (Å²) >= 11 is 0. The Balaban J connectivity index is 0.000000126. The second-order valence-electron chi connectivity index (χ2n) is 17.4. The van der Waals surface area contributed by atoms with Crippen molar-refractivity contribution in [2.24, 2.45) is 0 Å². The van der Waals surface area contributed by atoms with Crippen molar-refractivity contribution in [3.05, 3.63) is 301 Å². The molecule has 5 heteroatoms. The van der Waals surface area contributed by atoms with Gasteiger partial charge in [0.25, 0.3) is 0 Å². The van der Waals surface area contributed by atoms with Gasteiger partial charge < -0.3 is 0 Å². The van der Waals surface area contributed by atoms with E-state index in [1.54, 1.807) is 0 Å². The SMILES string of the molecule is C=[n+]1ccc2c(c1-c1ccccc1C)[CH-]C=CC=2.C=[n+]1ccc2c(c1-c1ccccc1C)[CH-]C=CC=2.C=[n+]1ccc2c(c1-c1ccccc1C)[CH-]C=CC=2.[Ir].c1ccc(-c2nccc3ccccc23)cc1. The molecule has 0 atom stereocenters. The third-order valence-corrected chi connectivity index (χ3v) is 12.7. The first-order chi connectivity index (χ1) is 34.3. The summed E-state index contributed by atoms with van der Waals surface area (Å²) in [5.41, 5.74) is 17.0. The Morgan fingerprint density at radius 1 is 0.408 bits per heavy atom. The minimum Gasteiger partial charge on any atom is -0.256 e. The van der Waals surface area contributed by atoms with E-state index in [0.717, 1.165) is 5.69 Å². The Morgan fingerprint density at radius 2 is 0.775 bits per heavy atom. The summed E-state index contributed by atoms with van der Waals surface area (Å²) in [7, 11) is 0. The average Bonchev–Trinajstić information content (AvgIpc) is 3.40. The molecule has 4 heterocycles. The van der Waals surface area contributed by atoms with Gasteiger partial charge in [-0.25, -0.2) is 12.7 Å². The fourth-order valence-corrected chi connectivity index (χ4v) is 9.13. The molecule has 3 aliphatic rings. The van der Waals surface area contributed by atoms with Crippen LogP contribution < -0.4 is 28.4 Å². The van der Waals surface area contributed by atoms with Gasteiger partial charge in [-0.3, -0.25) is 4.98 Å². The van der Waals surface area contributed by atoms with E-state index in [2.05, 4.69) is 247 Å². The summed E-state index contributed by atoms with van der Waals surface area (Å²) in [6.07, 6.45) is 33.2. The van der Waals surface area contributed by atoms with Crippen LogP contribution in [0, 0.1) is 60.2 Å². The first kappa shape index (κ1) is 49.1. The van der Waals surface area contributed by atoms with Crippen molar-refractivity contribution in [2.75, 3.05) is 0 Å². The van der Waals surface area contributed by atoms with E-state index < -0.39 is 0 Å². The van der Waals surface area contributed by atoms with E-state index in [-0.39, 0.29) is 20.1 Å². The van der Waals surface area contributed by atoms with Crippen LogP contribution in [0.25, 0.3) is 74.0 Å². The second kappa shape index (κ2) is 22.8. The minimum atomic E-state index is 0. The van der Waals surface area contributed by atoms with Crippen LogP contribution in [0.1, 0.15) is 33.4 Å². The molecule has 0 aliphatic heterocycles. The molecule has 12 rings (SSSR count). The van der Waals surface area contributed by atoms with Crippen LogP contribution in [0.2, 0.25) is 0 Å². The molecule has 0 bridgehead atoms. The van der Waals surface area contributed by atoms with Crippen LogP contribution in [0.4, 0.5) is 0 Å². The van der Waals surface area contributed by atoms with E-state index in [0.29, 0.717) is 0 Å². The van der Waals surface area contributed by atoms with Gasteiger partial charge in [0, 0.05) is 53.9 Å². The maximum absolute atomic E-state index is 4.48. The quantitative estimate of drug-likeness (QED) is 0.128. The number of nitrogens with zero attached hydrogens (tertiary/aromatic N) is 4. The number of benzene rings is 5. The Morgan fingerprint density at radius 3 is 1.18 bits per heavy atom. The molecule has 0 unspecified atom stereocenters. The van der Waals surface area contributed by atoms with Gasteiger partial charge in [-0.15, -0.1) is 73.9 Å². The zero-order valence-electron chi connectivity index (χ0n) is 40.4. The predicted molar refractivity (Wildman–Crippen MR) is 290 cm³/mol. The van der Waals surface area contributed by atoms with Gasteiger partial charge in [-0.05, 0) is 67.1 Å². The molecule has 0 saturated carbocycles. The number of pyridine rings is 4. The van der Waals surface area contributed by atoms with Gasteiger partial charge in [0.2, 0.25) is 0 Å². The summed E-state index contributed by atoms with van der Waals surface area (Å²) in [6, 6.07) is 52.3. The van der Waals surface area contributed by atoms with E-state index in [1.165, 1.54) is 99.1 Å². The largest absolute Gasteiger partial charge is 0.256 e. The first-order valence-electron chi connectivity index (χ1n) is 23.6. The van der Waals surface area contributed by atoms with Gasteiger partial charge >= 0.3 is 0 Å². The summed E-state index contributed by atoms with van der Waals surface area (Å²) in [5.74, 6) is 0. The fraction of sp³-hybridized carbons (Fsp3) is 0.0455. The normalized spacial score (nSPS) is 11.9. The molecule has 349 valence electrons. The van der Waals surface area contributed by atoms with Crippen LogP contribution in [0.15, 0.2) is 213 Å². The molecule has 0 saturated heterocycles. The molecule has 0 N–H and O–H groups in total. The van der Waals surface area contributed by atoms with E-state index >= 15 is 0 Å². The molecular formula is C66H56IrN4. The van der Waals surface area contributed by atoms with Crippen molar-refractivity contribution in [1.29, 1.82) is 0 Å². The van der Waals surface area contributed by atoms with Crippen LogP contribution in [0.5, 0.6) is 0 Å². The standard InChI is InChI=1S/3C17H15N.C15H11N.Ir/c3*1-13-7-3-5-9-15(13)17-16-10-6-4-8-14(16)11-12-18(17)2;1-2-7-13(8-3-1)15-14-9-5-4-6-12(14)10-11-16-15;/h3*3-12H,2H2,1H3;1-11H;. The molecule has 5 aromatic carbocycles. The molecule has 0 fully saturated rings. The fourth-order valence-electron chi connectivity index (χ4n) is 9.13. The van der Waals surface area contributed by atoms with Crippen LogP contribution >= 0.6 is 0 Å². The predicted octanol–water partition coefficient (Wildman–Crippen LogP) is 11.4. The summed E-state index contributed by atoms with van der Waals surface area (Å²) < 4.78 is 5.85. The topological polar surface area (TPSA) is 30.6 Å². The van der Waals surface area contributed by atoms with Crippen molar-refractivity contribution in [1.82, 2.24) is 4.98 Å². The maximum Gasteiger partial charge on any atom is 0.156 e. The van der Waals surface area contributed by atoms with Crippen molar-refractivity contribution in [3.63, 3.8) is 0 Å². The zero-order valence-corrected chi connectivity index (χ0v) is 42.8. The third kappa shape index (κ3) is 10.9.